The van der Waals surface area contributed by atoms with E-state index >= 15 is 0 Å². The van der Waals surface area contributed by atoms with Gasteiger partial charge in [-0.2, -0.15) is 0 Å². The Kier molecular flexibility index (Phi) is 4.51. The van der Waals surface area contributed by atoms with Crippen molar-refractivity contribution in [2.24, 2.45) is 0 Å². The highest BCUT2D eigenvalue weighted by Gasteiger charge is 2.09. The van der Waals surface area contributed by atoms with Crippen LogP contribution in [0.5, 0.6) is 0 Å². The molecule has 84 valence electrons. The predicted octanol–water partition coefficient (Wildman–Crippen LogP) is 3.46. The Bertz CT molecular complexity index is 335. The normalized spacial score (nSPS) is 10.8. The van der Waals surface area contributed by atoms with Crippen molar-refractivity contribution < 1.29 is 0 Å². The molecular weight excluding hydrogens is 254 g/mol. The van der Waals surface area contributed by atoms with Crippen LogP contribution in [0.15, 0.2) is 4.60 Å². The van der Waals surface area contributed by atoms with Crippen LogP contribution in [0.25, 0.3) is 0 Å². The second kappa shape index (κ2) is 5.45. The molecule has 0 aliphatic carbocycles. The second-order valence-electron chi connectivity index (χ2n) is 3.69. The molecule has 1 heterocycles. The number of hydrogen-bond donors (Lipinski definition) is 1. The number of rotatable bonds is 4. The van der Waals surface area contributed by atoms with E-state index in [1.54, 1.807) is 0 Å². The van der Waals surface area contributed by atoms with Gasteiger partial charge in [-0.3, -0.25) is 0 Å². The highest BCUT2D eigenvalue weighted by atomic mass is 79.9. The maximum atomic E-state index is 4.49. The fourth-order valence-electron chi connectivity index (χ4n) is 1.40. The van der Waals surface area contributed by atoms with E-state index in [1.165, 1.54) is 0 Å². The van der Waals surface area contributed by atoms with E-state index < -0.39 is 0 Å². The van der Waals surface area contributed by atoms with Gasteiger partial charge < -0.3 is 5.32 Å². The van der Waals surface area contributed by atoms with Gasteiger partial charge in [-0.05, 0) is 42.6 Å². The number of nitrogens with zero attached hydrogens (tertiary/aromatic N) is 2. The molecule has 0 amide bonds. The minimum absolute atomic E-state index is 0.485. The van der Waals surface area contributed by atoms with Crippen LogP contribution < -0.4 is 5.32 Å². The molecule has 0 aliphatic heterocycles. The van der Waals surface area contributed by atoms with Crippen LogP contribution in [0.3, 0.4) is 0 Å². The zero-order valence-electron chi connectivity index (χ0n) is 9.76. The van der Waals surface area contributed by atoms with Gasteiger partial charge in [0.25, 0.3) is 0 Å². The molecular formula is C11H18BrN3. The van der Waals surface area contributed by atoms with Gasteiger partial charge in [-0.1, -0.05) is 13.8 Å². The van der Waals surface area contributed by atoms with Crippen molar-refractivity contribution in [2.75, 3.05) is 5.32 Å². The van der Waals surface area contributed by atoms with Gasteiger partial charge in [0, 0.05) is 6.04 Å². The third kappa shape index (κ3) is 3.16. The molecule has 1 aromatic rings. The molecule has 0 unspecified atom stereocenters. The highest BCUT2D eigenvalue weighted by molar-refractivity contribution is 9.10. The summed E-state index contributed by atoms with van der Waals surface area (Å²) < 4.78 is 0.829. The summed E-state index contributed by atoms with van der Waals surface area (Å²) in [5.74, 6) is 0.907. The first kappa shape index (κ1) is 12.4. The van der Waals surface area contributed by atoms with E-state index in [4.69, 9.17) is 0 Å². The lowest BCUT2D eigenvalue weighted by Gasteiger charge is -2.17. The summed E-state index contributed by atoms with van der Waals surface area (Å²) in [7, 11) is 0. The fourth-order valence-corrected chi connectivity index (χ4v) is 1.75. The first-order chi connectivity index (χ1) is 7.08. The van der Waals surface area contributed by atoms with E-state index in [2.05, 4.69) is 45.1 Å². The third-order valence-electron chi connectivity index (χ3n) is 2.51. The van der Waals surface area contributed by atoms with Crippen molar-refractivity contribution in [2.45, 2.75) is 46.6 Å². The number of halogens is 1. The summed E-state index contributed by atoms with van der Waals surface area (Å²) in [6.45, 7) is 8.28. The molecule has 0 atom stereocenters. The molecule has 0 spiro atoms. The summed E-state index contributed by atoms with van der Waals surface area (Å²) >= 11 is 3.38. The Labute approximate surface area is 99.8 Å². The van der Waals surface area contributed by atoms with E-state index in [0.29, 0.717) is 6.04 Å². The number of nitrogens with one attached hydrogen (secondary N) is 1. The van der Waals surface area contributed by atoms with Crippen LogP contribution in [0.4, 0.5) is 5.82 Å². The Morgan fingerprint density at radius 2 is 1.73 bits per heavy atom. The number of aromatic nitrogens is 2. The Hall–Kier alpha value is -0.640. The van der Waals surface area contributed by atoms with Crippen LogP contribution in [0, 0.1) is 13.8 Å². The van der Waals surface area contributed by atoms with E-state index in [9.17, 15) is 0 Å². The van der Waals surface area contributed by atoms with Crippen LogP contribution in [0.2, 0.25) is 0 Å². The summed E-state index contributed by atoms with van der Waals surface area (Å²) in [6.07, 6.45) is 2.21. The van der Waals surface area contributed by atoms with Crippen molar-refractivity contribution in [1.29, 1.82) is 0 Å². The first-order valence-electron chi connectivity index (χ1n) is 5.35. The SMILES string of the molecule is CCC(CC)Nc1nc(C)c(Br)nc1C. The van der Waals surface area contributed by atoms with Gasteiger partial charge in [0.15, 0.2) is 0 Å². The molecule has 0 fully saturated rings. The van der Waals surface area contributed by atoms with Crippen molar-refractivity contribution in [3.8, 4) is 0 Å². The Morgan fingerprint density at radius 3 is 2.27 bits per heavy atom. The van der Waals surface area contributed by atoms with Crippen LogP contribution in [-0.2, 0) is 0 Å². The largest absolute Gasteiger partial charge is 0.366 e. The summed E-state index contributed by atoms with van der Waals surface area (Å²) in [5.41, 5.74) is 1.87. The molecule has 0 bridgehead atoms. The molecule has 1 aromatic heterocycles. The van der Waals surface area contributed by atoms with E-state index in [1.807, 2.05) is 13.8 Å². The molecule has 3 nitrogen and oxygen atoms in total. The van der Waals surface area contributed by atoms with Crippen molar-refractivity contribution in [1.82, 2.24) is 9.97 Å². The van der Waals surface area contributed by atoms with Crippen molar-refractivity contribution in [3.05, 3.63) is 16.0 Å². The topological polar surface area (TPSA) is 37.8 Å². The standard InChI is InChI=1S/C11H18BrN3/c1-5-9(6-2)15-11-8(4)13-10(12)7(3)14-11/h9H,5-6H2,1-4H3,(H,14,15). The summed E-state index contributed by atoms with van der Waals surface area (Å²) in [5, 5.41) is 3.42. The van der Waals surface area contributed by atoms with Gasteiger partial charge in [-0.25, -0.2) is 9.97 Å². The third-order valence-corrected chi connectivity index (χ3v) is 3.26. The van der Waals surface area contributed by atoms with Gasteiger partial charge in [0.1, 0.15) is 10.4 Å². The molecule has 0 saturated heterocycles. The number of hydrogen-bond acceptors (Lipinski definition) is 3. The highest BCUT2D eigenvalue weighted by Crippen LogP contribution is 2.18. The minimum atomic E-state index is 0.485. The molecule has 1 rings (SSSR count). The van der Waals surface area contributed by atoms with Crippen LogP contribution >= 0.6 is 15.9 Å². The van der Waals surface area contributed by atoms with Crippen molar-refractivity contribution >= 4 is 21.7 Å². The zero-order valence-corrected chi connectivity index (χ0v) is 11.3. The number of anilines is 1. The molecule has 0 aromatic carbocycles. The molecule has 1 N–H and O–H groups in total. The first-order valence-corrected chi connectivity index (χ1v) is 6.15. The van der Waals surface area contributed by atoms with Gasteiger partial charge in [0.2, 0.25) is 0 Å². The van der Waals surface area contributed by atoms with Crippen LogP contribution in [-0.4, -0.2) is 16.0 Å². The fraction of sp³-hybridized carbons (Fsp3) is 0.636. The van der Waals surface area contributed by atoms with Crippen LogP contribution in [0.1, 0.15) is 38.1 Å². The maximum Gasteiger partial charge on any atom is 0.148 e. The summed E-state index contributed by atoms with van der Waals surface area (Å²) in [6, 6.07) is 0.485. The lowest BCUT2D eigenvalue weighted by atomic mass is 10.2. The maximum absolute atomic E-state index is 4.49. The van der Waals surface area contributed by atoms with E-state index in [-0.39, 0.29) is 0 Å². The average Bonchev–Trinajstić information content (AvgIpc) is 2.21. The monoisotopic (exact) mass is 271 g/mol. The van der Waals surface area contributed by atoms with Gasteiger partial charge >= 0.3 is 0 Å². The molecule has 0 aliphatic rings. The average molecular weight is 272 g/mol. The Balaban J connectivity index is 2.89. The molecule has 15 heavy (non-hydrogen) atoms. The smallest absolute Gasteiger partial charge is 0.148 e. The van der Waals surface area contributed by atoms with Crippen molar-refractivity contribution in [3.63, 3.8) is 0 Å². The summed E-state index contributed by atoms with van der Waals surface area (Å²) in [4.78, 5) is 8.87. The Morgan fingerprint density at radius 1 is 1.13 bits per heavy atom. The molecule has 4 heteroatoms. The number of aryl methyl sites for hydroxylation is 2. The quantitative estimate of drug-likeness (QED) is 0.912. The lowest BCUT2D eigenvalue weighted by Crippen LogP contribution is -2.19. The molecule has 0 saturated carbocycles. The van der Waals surface area contributed by atoms with E-state index in [0.717, 1.165) is 34.7 Å². The minimum Gasteiger partial charge on any atom is -0.366 e. The van der Waals surface area contributed by atoms with Gasteiger partial charge in [-0.15, -0.1) is 0 Å². The van der Waals surface area contributed by atoms with Gasteiger partial charge in [0.05, 0.1) is 11.4 Å². The molecule has 0 radical (unpaired) electrons. The predicted molar refractivity (Wildman–Crippen MR) is 67.2 cm³/mol. The second-order valence-corrected chi connectivity index (χ2v) is 4.44. The zero-order chi connectivity index (χ0) is 11.4. The lowest BCUT2D eigenvalue weighted by molar-refractivity contribution is 0.666.